The Bertz CT molecular complexity index is 451. The number of nitrogens with two attached hydrogens (primary N) is 1. The van der Waals surface area contributed by atoms with Gasteiger partial charge in [0.2, 0.25) is 0 Å². The SMILES string of the molecule is CCCN(CC(=O)OCC)c1cccc(C(N)=S)n1. The van der Waals surface area contributed by atoms with Crippen molar-refractivity contribution < 1.29 is 9.53 Å². The lowest BCUT2D eigenvalue weighted by Gasteiger charge is -2.22. The van der Waals surface area contributed by atoms with E-state index in [1.54, 1.807) is 13.0 Å². The Morgan fingerprint density at radius 1 is 1.47 bits per heavy atom. The second-order valence-electron chi connectivity index (χ2n) is 3.97. The molecule has 1 aromatic heterocycles. The number of pyridine rings is 1. The largest absolute Gasteiger partial charge is 0.465 e. The van der Waals surface area contributed by atoms with Gasteiger partial charge in [0.1, 0.15) is 17.4 Å². The summed E-state index contributed by atoms with van der Waals surface area (Å²) in [6.45, 7) is 5.09. The van der Waals surface area contributed by atoms with Crippen molar-refractivity contribution >= 4 is 29.0 Å². The minimum absolute atomic E-state index is 0.176. The van der Waals surface area contributed by atoms with Gasteiger partial charge in [0.15, 0.2) is 0 Å². The number of rotatable bonds is 7. The summed E-state index contributed by atoms with van der Waals surface area (Å²) < 4.78 is 4.96. The Morgan fingerprint density at radius 3 is 2.79 bits per heavy atom. The van der Waals surface area contributed by atoms with Crippen LogP contribution in [0.4, 0.5) is 5.82 Å². The zero-order chi connectivity index (χ0) is 14.3. The zero-order valence-corrected chi connectivity index (χ0v) is 12.1. The van der Waals surface area contributed by atoms with Gasteiger partial charge in [-0.25, -0.2) is 4.98 Å². The van der Waals surface area contributed by atoms with Gasteiger partial charge in [-0.3, -0.25) is 4.79 Å². The number of thiocarbonyl (C=S) groups is 1. The van der Waals surface area contributed by atoms with Gasteiger partial charge >= 0.3 is 5.97 Å². The highest BCUT2D eigenvalue weighted by Crippen LogP contribution is 2.12. The first kappa shape index (κ1) is 15.4. The summed E-state index contributed by atoms with van der Waals surface area (Å²) >= 11 is 4.91. The number of aromatic nitrogens is 1. The van der Waals surface area contributed by atoms with Crippen LogP contribution in [0.2, 0.25) is 0 Å². The van der Waals surface area contributed by atoms with Gasteiger partial charge in [0.05, 0.1) is 12.3 Å². The number of hydrogen-bond acceptors (Lipinski definition) is 5. The van der Waals surface area contributed by atoms with Crippen molar-refractivity contribution in [3.8, 4) is 0 Å². The molecule has 1 heterocycles. The van der Waals surface area contributed by atoms with E-state index in [1.807, 2.05) is 24.0 Å². The van der Waals surface area contributed by atoms with E-state index in [-0.39, 0.29) is 17.5 Å². The van der Waals surface area contributed by atoms with Crippen LogP contribution in [0.3, 0.4) is 0 Å². The molecule has 0 saturated carbocycles. The molecule has 0 aliphatic heterocycles. The molecule has 0 aromatic carbocycles. The van der Waals surface area contributed by atoms with E-state index in [4.69, 9.17) is 22.7 Å². The van der Waals surface area contributed by atoms with Gasteiger partial charge in [-0.2, -0.15) is 0 Å². The van der Waals surface area contributed by atoms with E-state index >= 15 is 0 Å². The highest BCUT2D eigenvalue weighted by molar-refractivity contribution is 7.80. The van der Waals surface area contributed by atoms with Gasteiger partial charge in [0.25, 0.3) is 0 Å². The lowest BCUT2D eigenvalue weighted by Crippen LogP contribution is -2.32. The fourth-order valence-corrected chi connectivity index (χ4v) is 1.76. The van der Waals surface area contributed by atoms with E-state index < -0.39 is 0 Å². The lowest BCUT2D eigenvalue weighted by molar-refractivity contribution is -0.141. The third-order valence-corrected chi connectivity index (χ3v) is 2.64. The summed E-state index contributed by atoms with van der Waals surface area (Å²) in [5.41, 5.74) is 6.12. The van der Waals surface area contributed by atoms with Crippen LogP contribution in [0.1, 0.15) is 26.0 Å². The van der Waals surface area contributed by atoms with Gasteiger partial charge in [-0.15, -0.1) is 0 Å². The molecule has 2 N–H and O–H groups in total. The lowest BCUT2D eigenvalue weighted by atomic mass is 10.3. The van der Waals surface area contributed by atoms with Crippen LogP contribution < -0.4 is 10.6 Å². The smallest absolute Gasteiger partial charge is 0.325 e. The molecule has 0 unspecified atom stereocenters. The Hall–Kier alpha value is -1.69. The molecular formula is C13H19N3O2S. The van der Waals surface area contributed by atoms with Crippen LogP contribution in [0, 0.1) is 0 Å². The van der Waals surface area contributed by atoms with Crippen LogP contribution >= 0.6 is 12.2 Å². The van der Waals surface area contributed by atoms with Crippen LogP contribution in [-0.2, 0) is 9.53 Å². The van der Waals surface area contributed by atoms with Gasteiger partial charge in [0, 0.05) is 6.54 Å². The van der Waals surface area contributed by atoms with E-state index in [2.05, 4.69) is 4.98 Å². The van der Waals surface area contributed by atoms with Crippen LogP contribution in [-0.4, -0.2) is 35.6 Å². The van der Waals surface area contributed by atoms with E-state index in [0.717, 1.165) is 6.42 Å². The molecule has 0 bridgehead atoms. The van der Waals surface area contributed by atoms with E-state index in [1.165, 1.54) is 0 Å². The molecule has 0 aliphatic carbocycles. The topological polar surface area (TPSA) is 68.5 Å². The molecule has 0 saturated heterocycles. The number of carbonyl (C=O) groups is 1. The third kappa shape index (κ3) is 4.82. The molecule has 0 atom stereocenters. The number of nitrogens with zero attached hydrogens (tertiary/aromatic N) is 2. The Balaban J connectivity index is 2.88. The number of carbonyl (C=O) groups excluding carboxylic acids is 1. The molecule has 0 radical (unpaired) electrons. The highest BCUT2D eigenvalue weighted by Gasteiger charge is 2.13. The Labute approximate surface area is 118 Å². The van der Waals surface area contributed by atoms with Crippen LogP contribution in [0.25, 0.3) is 0 Å². The second-order valence-corrected chi connectivity index (χ2v) is 4.41. The summed E-state index contributed by atoms with van der Waals surface area (Å²) in [5, 5.41) is 0. The van der Waals surface area contributed by atoms with Crippen LogP contribution in [0.5, 0.6) is 0 Å². The highest BCUT2D eigenvalue weighted by atomic mass is 32.1. The van der Waals surface area contributed by atoms with Gasteiger partial charge < -0.3 is 15.4 Å². The first-order valence-corrected chi connectivity index (χ1v) is 6.66. The first-order chi connectivity index (χ1) is 9.08. The van der Waals surface area contributed by atoms with Crippen LogP contribution in [0.15, 0.2) is 18.2 Å². The van der Waals surface area contributed by atoms with Crippen molar-refractivity contribution in [3.05, 3.63) is 23.9 Å². The summed E-state index contributed by atoms with van der Waals surface area (Å²) in [6.07, 6.45) is 0.901. The minimum atomic E-state index is -0.265. The normalized spacial score (nSPS) is 10.0. The van der Waals surface area contributed by atoms with Crippen molar-refractivity contribution in [1.82, 2.24) is 4.98 Å². The summed E-state index contributed by atoms with van der Waals surface area (Å²) in [4.78, 5) is 18.0. The predicted molar refractivity (Wildman–Crippen MR) is 79.3 cm³/mol. The Morgan fingerprint density at radius 2 is 2.21 bits per heavy atom. The monoisotopic (exact) mass is 281 g/mol. The average molecular weight is 281 g/mol. The molecule has 0 amide bonds. The van der Waals surface area contributed by atoms with E-state index in [0.29, 0.717) is 24.7 Å². The van der Waals surface area contributed by atoms with Gasteiger partial charge in [-0.05, 0) is 25.5 Å². The Kier molecular flexibility index (Phi) is 6.21. The molecule has 1 rings (SSSR count). The number of anilines is 1. The maximum absolute atomic E-state index is 11.6. The molecule has 0 aliphatic rings. The minimum Gasteiger partial charge on any atom is -0.465 e. The van der Waals surface area contributed by atoms with Crippen molar-refractivity contribution in [2.24, 2.45) is 5.73 Å². The van der Waals surface area contributed by atoms with Crippen molar-refractivity contribution in [3.63, 3.8) is 0 Å². The van der Waals surface area contributed by atoms with Gasteiger partial charge in [-0.1, -0.05) is 25.2 Å². The van der Waals surface area contributed by atoms with E-state index in [9.17, 15) is 4.79 Å². The molecule has 19 heavy (non-hydrogen) atoms. The molecule has 6 heteroatoms. The molecule has 5 nitrogen and oxygen atoms in total. The standard InChI is InChI=1S/C13H19N3O2S/c1-3-8-16(9-12(17)18-4-2)11-7-5-6-10(15-11)13(14)19/h5-7H,3-4,8-9H2,1-2H3,(H2,14,19). The summed E-state index contributed by atoms with van der Waals surface area (Å²) in [6, 6.07) is 5.40. The second kappa shape index (κ2) is 7.68. The summed E-state index contributed by atoms with van der Waals surface area (Å²) in [5.74, 6) is 0.415. The predicted octanol–water partition coefficient (Wildman–Crippen LogP) is 1.50. The van der Waals surface area contributed by atoms with Crippen molar-refractivity contribution in [1.29, 1.82) is 0 Å². The third-order valence-electron chi connectivity index (χ3n) is 2.43. The zero-order valence-electron chi connectivity index (χ0n) is 11.3. The fraction of sp³-hybridized carbons (Fsp3) is 0.462. The molecule has 1 aromatic rings. The maximum atomic E-state index is 11.6. The first-order valence-electron chi connectivity index (χ1n) is 6.25. The summed E-state index contributed by atoms with van der Waals surface area (Å²) in [7, 11) is 0. The molecule has 0 fully saturated rings. The van der Waals surface area contributed by atoms with Crippen molar-refractivity contribution in [2.45, 2.75) is 20.3 Å². The number of hydrogen-bond donors (Lipinski definition) is 1. The quantitative estimate of drug-likeness (QED) is 0.603. The number of esters is 1. The van der Waals surface area contributed by atoms with Crippen molar-refractivity contribution in [2.75, 3.05) is 24.6 Å². The molecule has 0 spiro atoms. The molecular weight excluding hydrogens is 262 g/mol. The fourth-order valence-electron chi connectivity index (χ4n) is 1.64. The maximum Gasteiger partial charge on any atom is 0.325 e. The average Bonchev–Trinajstić information content (AvgIpc) is 2.38. The molecule has 104 valence electrons. The number of ether oxygens (including phenoxy) is 1.